The lowest BCUT2D eigenvalue weighted by Gasteiger charge is -2.44. The molecule has 3 fully saturated rings. The van der Waals surface area contributed by atoms with E-state index in [4.69, 9.17) is 4.98 Å². The number of fused-ring (bicyclic) bond motifs is 1. The van der Waals surface area contributed by atoms with E-state index >= 15 is 0 Å². The van der Waals surface area contributed by atoms with E-state index in [1.807, 2.05) is 32.4 Å². The molecule has 7 heteroatoms. The number of piperidine rings is 2. The van der Waals surface area contributed by atoms with Crippen LogP contribution in [0.2, 0.25) is 0 Å². The summed E-state index contributed by atoms with van der Waals surface area (Å²) in [5.41, 5.74) is 3.75. The fourth-order valence-corrected chi connectivity index (χ4v) is 5.55. The monoisotopic (exact) mass is 445 g/mol. The van der Waals surface area contributed by atoms with Crippen molar-refractivity contribution in [1.29, 1.82) is 5.26 Å². The number of hydrogen-bond acceptors (Lipinski definition) is 7. The molecule has 5 rings (SSSR count). The smallest absolute Gasteiger partial charge is 0.229 e. The number of nitrogens with one attached hydrogen (secondary N) is 2. The molecule has 1 aromatic heterocycles. The zero-order valence-electron chi connectivity index (χ0n) is 19.8. The van der Waals surface area contributed by atoms with Crippen molar-refractivity contribution in [2.45, 2.75) is 56.9 Å². The van der Waals surface area contributed by atoms with Crippen LogP contribution in [0, 0.1) is 17.2 Å². The predicted molar refractivity (Wildman–Crippen MR) is 133 cm³/mol. The Morgan fingerprint density at radius 3 is 2.76 bits per heavy atom. The molecule has 1 aromatic carbocycles. The molecule has 33 heavy (non-hydrogen) atoms. The number of anilines is 4. The highest BCUT2D eigenvalue weighted by atomic mass is 15.2. The van der Waals surface area contributed by atoms with E-state index in [1.165, 1.54) is 63.6 Å². The number of benzene rings is 1. The van der Waals surface area contributed by atoms with E-state index in [2.05, 4.69) is 37.6 Å². The molecule has 0 bridgehead atoms. The summed E-state index contributed by atoms with van der Waals surface area (Å²) in [6.07, 6.45) is 10.8. The molecule has 0 radical (unpaired) electrons. The molecular weight excluding hydrogens is 410 g/mol. The van der Waals surface area contributed by atoms with Gasteiger partial charge >= 0.3 is 0 Å². The quantitative estimate of drug-likeness (QED) is 0.639. The van der Waals surface area contributed by atoms with Crippen LogP contribution in [0.5, 0.6) is 0 Å². The fraction of sp³-hybridized carbons (Fsp3) is 0.577. The molecule has 0 unspecified atom stereocenters. The van der Waals surface area contributed by atoms with E-state index in [0.717, 1.165) is 29.3 Å². The Morgan fingerprint density at radius 2 is 1.97 bits per heavy atom. The second-order valence-electron chi connectivity index (χ2n) is 10.0. The first-order valence-corrected chi connectivity index (χ1v) is 12.5. The maximum absolute atomic E-state index is 9.58. The number of hydrogen-bond donors (Lipinski definition) is 2. The topological polar surface area (TPSA) is 80.1 Å². The second-order valence-corrected chi connectivity index (χ2v) is 10.0. The van der Waals surface area contributed by atoms with Crippen molar-refractivity contribution in [3.8, 4) is 6.07 Å². The third-order valence-corrected chi connectivity index (χ3v) is 7.46. The molecule has 2 atom stereocenters. The minimum Gasteiger partial charge on any atom is -0.373 e. The lowest BCUT2D eigenvalue weighted by atomic mass is 9.83. The largest absolute Gasteiger partial charge is 0.373 e. The van der Waals surface area contributed by atoms with Crippen molar-refractivity contribution in [2.24, 2.45) is 5.92 Å². The van der Waals surface area contributed by atoms with Crippen LogP contribution in [0.25, 0.3) is 0 Å². The van der Waals surface area contributed by atoms with Gasteiger partial charge in [0.25, 0.3) is 0 Å². The maximum atomic E-state index is 9.58. The van der Waals surface area contributed by atoms with Crippen molar-refractivity contribution in [3.63, 3.8) is 0 Å². The van der Waals surface area contributed by atoms with Crippen LogP contribution in [0.3, 0.4) is 0 Å². The Balaban J connectivity index is 1.31. The standard InChI is InChI=1S/C26H35N7/c1-32(2)24-17-29-26(30-21-10-11-22(18-8-9-18)20(14-21)15-27)31-25(24)28-16-19-6-5-13-33-12-4-3-7-23(19)33/h10-11,14,17-19,23H,3-9,12-13,16H2,1-2H3,(H2,28,29,30,31)/t19-,23+/m0/s1. The SMILES string of the molecule is CN(C)c1cnc(Nc2ccc(C3CC3)c(C#N)c2)nc1NC[C@@H]1CCCN2CCCC[C@H]12. The van der Waals surface area contributed by atoms with E-state index < -0.39 is 0 Å². The van der Waals surface area contributed by atoms with Gasteiger partial charge in [-0.15, -0.1) is 0 Å². The summed E-state index contributed by atoms with van der Waals surface area (Å²) >= 11 is 0. The average molecular weight is 446 g/mol. The summed E-state index contributed by atoms with van der Waals surface area (Å²) in [5.74, 6) is 2.63. The fourth-order valence-electron chi connectivity index (χ4n) is 5.55. The summed E-state index contributed by atoms with van der Waals surface area (Å²) in [7, 11) is 4.05. The third kappa shape index (κ3) is 4.91. The van der Waals surface area contributed by atoms with Crippen molar-refractivity contribution in [1.82, 2.24) is 14.9 Å². The maximum Gasteiger partial charge on any atom is 0.229 e. The van der Waals surface area contributed by atoms with Crippen LogP contribution >= 0.6 is 0 Å². The minimum absolute atomic E-state index is 0.550. The van der Waals surface area contributed by atoms with Crippen LogP contribution in [-0.4, -0.2) is 54.6 Å². The molecule has 2 saturated heterocycles. The van der Waals surface area contributed by atoms with Gasteiger partial charge < -0.3 is 20.4 Å². The van der Waals surface area contributed by atoms with Crippen molar-refractivity contribution >= 4 is 23.1 Å². The highest BCUT2D eigenvalue weighted by molar-refractivity contribution is 5.67. The van der Waals surface area contributed by atoms with Crippen LogP contribution in [0.15, 0.2) is 24.4 Å². The molecule has 0 amide bonds. The van der Waals surface area contributed by atoms with Crippen molar-refractivity contribution in [2.75, 3.05) is 49.3 Å². The third-order valence-electron chi connectivity index (χ3n) is 7.46. The molecule has 1 saturated carbocycles. The molecule has 2 N–H and O–H groups in total. The molecule has 1 aliphatic carbocycles. The summed E-state index contributed by atoms with van der Waals surface area (Å²) < 4.78 is 0. The molecule has 3 heterocycles. The lowest BCUT2D eigenvalue weighted by molar-refractivity contribution is 0.0649. The van der Waals surface area contributed by atoms with Gasteiger partial charge in [0.05, 0.1) is 23.5 Å². The predicted octanol–water partition coefficient (Wildman–Crippen LogP) is 4.71. The number of nitrogens with zero attached hydrogens (tertiary/aromatic N) is 5. The molecule has 0 spiro atoms. The van der Waals surface area contributed by atoms with Crippen LogP contribution < -0.4 is 15.5 Å². The summed E-state index contributed by atoms with van der Waals surface area (Å²) in [6.45, 7) is 3.46. The van der Waals surface area contributed by atoms with Gasteiger partial charge in [-0.1, -0.05) is 12.5 Å². The highest BCUT2D eigenvalue weighted by Gasteiger charge is 2.33. The Hall–Kier alpha value is -2.85. The van der Waals surface area contributed by atoms with Gasteiger partial charge in [0.2, 0.25) is 5.95 Å². The summed E-state index contributed by atoms with van der Waals surface area (Å²) in [4.78, 5) is 14.1. The number of nitriles is 1. The normalized spacial score (nSPS) is 22.8. The first kappa shape index (κ1) is 22.0. The van der Waals surface area contributed by atoms with Gasteiger partial charge in [-0.2, -0.15) is 10.2 Å². The molecule has 2 aliphatic heterocycles. The van der Waals surface area contributed by atoms with Crippen LogP contribution in [-0.2, 0) is 0 Å². The minimum atomic E-state index is 0.550. The average Bonchev–Trinajstić information content (AvgIpc) is 3.68. The molecular formula is C26H35N7. The van der Waals surface area contributed by atoms with Crippen LogP contribution in [0.1, 0.15) is 62.0 Å². The summed E-state index contributed by atoms with van der Waals surface area (Å²) in [6, 6.07) is 9.09. The number of aromatic nitrogens is 2. The van der Waals surface area contributed by atoms with Gasteiger partial charge in [0.15, 0.2) is 5.82 Å². The summed E-state index contributed by atoms with van der Waals surface area (Å²) in [5, 5.41) is 16.6. The van der Waals surface area contributed by atoms with Gasteiger partial charge in [-0.25, -0.2) is 4.98 Å². The van der Waals surface area contributed by atoms with Gasteiger partial charge in [-0.05, 0) is 81.1 Å². The van der Waals surface area contributed by atoms with Crippen molar-refractivity contribution in [3.05, 3.63) is 35.5 Å². The van der Waals surface area contributed by atoms with Gasteiger partial charge in [-0.3, -0.25) is 0 Å². The zero-order valence-corrected chi connectivity index (χ0v) is 19.8. The Bertz CT molecular complexity index is 1020. The van der Waals surface area contributed by atoms with Crippen LogP contribution in [0.4, 0.5) is 23.1 Å². The van der Waals surface area contributed by atoms with E-state index in [-0.39, 0.29) is 0 Å². The highest BCUT2D eigenvalue weighted by Crippen LogP contribution is 2.42. The second kappa shape index (κ2) is 9.56. The van der Waals surface area contributed by atoms with Gasteiger partial charge in [0.1, 0.15) is 0 Å². The van der Waals surface area contributed by atoms with E-state index in [1.54, 1.807) is 0 Å². The van der Waals surface area contributed by atoms with E-state index in [0.29, 0.717) is 23.8 Å². The van der Waals surface area contributed by atoms with Gasteiger partial charge in [0, 0.05) is 32.4 Å². The Kier molecular flexibility index (Phi) is 6.37. The molecule has 7 nitrogen and oxygen atoms in total. The number of rotatable bonds is 7. The molecule has 2 aromatic rings. The Morgan fingerprint density at radius 1 is 1.12 bits per heavy atom. The molecule has 3 aliphatic rings. The first-order chi connectivity index (χ1) is 16.1. The lowest BCUT2D eigenvalue weighted by Crippen LogP contribution is -2.49. The van der Waals surface area contributed by atoms with Crippen molar-refractivity contribution < 1.29 is 0 Å². The Labute approximate surface area is 197 Å². The zero-order chi connectivity index (χ0) is 22.8. The molecule has 174 valence electrons. The first-order valence-electron chi connectivity index (χ1n) is 12.5. The van der Waals surface area contributed by atoms with E-state index in [9.17, 15) is 5.26 Å².